The van der Waals surface area contributed by atoms with Gasteiger partial charge in [0, 0.05) is 18.3 Å². The first-order chi connectivity index (χ1) is 10.1. The molecule has 2 N–H and O–H groups in total. The van der Waals surface area contributed by atoms with Crippen molar-refractivity contribution in [2.75, 3.05) is 13.7 Å². The first kappa shape index (κ1) is 15.0. The second-order valence-corrected chi connectivity index (χ2v) is 4.15. The van der Waals surface area contributed by atoms with E-state index in [1.807, 2.05) is 0 Å². The van der Waals surface area contributed by atoms with Gasteiger partial charge in [0.05, 0.1) is 19.4 Å². The summed E-state index contributed by atoms with van der Waals surface area (Å²) in [6.45, 7) is 1.95. The van der Waals surface area contributed by atoms with E-state index in [1.54, 1.807) is 19.2 Å². The molecule has 2 rings (SSSR count). The zero-order chi connectivity index (χ0) is 15.4. The van der Waals surface area contributed by atoms with Crippen molar-refractivity contribution in [2.24, 2.45) is 5.73 Å². The third kappa shape index (κ3) is 2.87. The predicted octanol–water partition coefficient (Wildman–Crippen LogP) is 1.66. The maximum absolute atomic E-state index is 14.2. The molecule has 1 aromatic heterocycles. The average Bonchev–Trinajstić information content (AvgIpc) is 2.97. The van der Waals surface area contributed by atoms with Crippen LogP contribution in [0.25, 0.3) is 5.69 Å². The number of rotatable bonds is 5. The van der Waals surface area contributed by atoms with Crippen LogP contribution in [0.1, 0.15) is 23.0 Å². The van der Waals surface area contributed by atoms with Crippen molar-refractivity contribution < 1.29 is 18.7 Å². The molecule has 2 aromatic rings. The number of methoxy groups -OCH3 is 1. The minimum absolute atomic E-state index is 0.0209. The third-order valence-corrected chi connectivity index (χ3v) is 2.93. The Morgan fingerprint density at radius 3 is 2.81 bits per heavy atom. The lowest BCUT2D eigenvalue weighted by Crippen LogP contribution is -2.10. The van der Waals surface area contributed by atoms with Crippen LogP contribution < -0.4 is 10.5 Å². The number of esters is 1. The quantitative estimate of drug-likeness (QED) is 0.848. The monoisotopic (exact) mass is 293 g/mol. The number of carbonyl (C=O) groups excluding carboxylic acids is 1. The number of carbonyl (C=O) groups is 1. The van der Waals surface area contributed by atoms with Gasteiger partial charge in [-0.05, 0) is 25.1 Å². The Labute approximate surface area is 121 Å². The smallest absolute Gasteiger partial charge is 0.358 e. The van der Waals surface area contributed by atoms with E-state index in [9.17, 15) is 9.18 Å². The van der Waals surface area contributed by atoms with E-state index in [1.165, 1.54) is 23.9 Å². The summed E-state index contributed by atoms with van der Waals surface area (Å²) in [4.78, 5) is 11.6. The number of aromatic nitrogens is 2. The Kier molecular flexibility index (Phi) is 4.54. The SMILES string of the molecule is CCOC(=O)c1ccn(-c2ccc(OC)c(F)c2CN)n1. The lowest BCUT2D eigenvalue weighted by molar-refractivity contribution is 0.0519. The Morgan fingerprint density at radius 2 is 2.19 bits per heavy atom. The molecule has 21 heavy (non-hydrogen) atoms. The van der Waals surface area contributed by atoms with Crippen LogP contribution in [0.5, 0.6) is 5.75 Å². The van der Waals surface area contributed by atoms with Gasteiger partial charge < -0.3 is 15.2 Å². The Balaban J connectivity index is 2.43. The maximum Gasteiger partial charge on any atom is 0.358 e. The summed E-state index contributed by atoms with van der Waals surface area (Å²) in [5.74, 6) is -0.956. The molecule has 0 fully saturated rings. The average molecular weight is 293 g/mol. The molecule has 0 aliphatic rings. The fourth-order valence-corrected chi connectivity index (χ4v) is 1.93. The molecule has 1 heterocycles. The lowest BCUT2D eigenvalue weighted by atomic mass is 10.1. The highest BCUT2D eigenvalue weighted by atomic mass is 19.1. The second-order valence-electron chi connectivity index (χ2n) is 4.15. The van der Waals surface area contributed by atoms with E-state index in [4.69, 9.17) is 15.2 Å². The van der Waals surface area contributed by atoms with Crippen molar-refractivity contribution in [1.82, 2.24) is 9.78 Å². The van der Waals surface area contributed by atoms with Gasteiger partial charge in [-0.25, -0.2) is 13.9 Å². The summed E-state index contributed by atoms with van der Waals surface area (Å²) in [5, 5.41) is 4.08. The number of hydrogen-bond acceptors (Lipinski definition) is 5. The molecule has 0 amide bonds. The van der Waals surface area contributed by atoms with Gasteiger partial charge in [-0.1, -0.05) is 0 Å². The summed E-state index contributed by atoms with van der Waals surface area (Å²) in [6.07, 6.45) is 1.55. The normalized spacial score (nSPS) is 10.5. The minimum atomic E-state index is -0.536. The predicted molar refractivity (Wildman–Crippen MR) is 73.9 cm³/mol. The first-order valence-electron chi connectivity index (χ1n) is 6.41. The van der Waals surface area contributed by atoms with Crippen LogP contribution in [0, 0.1) is 5.82 Å². The van der Waals surface area contributed by atoms with Crippen LogP contribution in [-0.4, -0.2) is 29.5 Å². The van der Waals surface area contributed by atoms with E-state index in [2.05, 4.69) is 5.10 Å². The van der Waals surface area contributed by atoms with E-state index < -0.39 is 11.8 Å². The standard InChI is InChI=1S/C14H16FN3O3/c1-3-21-14(19)10-6-7-18(17-10)11-4-5-12(20-2)13(15)9(11)8-16/h4-7H,3,8,16H2,1-2H3. The Bertz CT molecular complexity index is 655. The van der Waals surface area contributed by atoms with Crippen LogP contribution in [0.3, 0.4) is 0 Å². The molecule has 0 bridgehead atoms. The van der Waals surface area contributed by atoms with Crippen molar-refractivity contribution in [3.63, 3.8) is 0 Å². The van der Waals surface area contributed by atoms with Gasteiger partial charge in [0.1, 0.15) is 0 Å². The molecule has 112 valence electrons. The highest BCUT2D eigenvalue weighted by Gasteiger charge is 2.16. The molecule has 0 unspecified atom stereocenters. The topological polar surface area (TPSA) is 79.4 Å². The zero-order valence-corrected chi connectivity index (χ0v) is 11.8. The first-order valence-corrected chi connectivity index (χ1v) is 6.41. The fraction of sp³-hybridized carbons (Fsp3) is 0.286. The van der Waals surface area contributed by atoms with Crippen LogP contribution in [0.15, 0.2) is 24.4 Å². The number of benzene rings is 1. The largest absolute Gasteiger partial charge is 0.494 e. The van der Waals surface area contributed by atoms with Crippen molar-refractivity contribution >= 4 is 5.97 Å². The number of nitrogens with two attached hydrogens (primary N) is 1. The van der Waals surface area contributed by atoms with Crippen molar-refractivity contribution in [3.05, 3.63) is 41.5 Å². The number of nitrogens with zero attached hydrogens (tertiary/aromatic N) is 2. The Hall–Kier alpha value is -2.41. The van der Waals surface area contributed by atoms with Crippen molar-refractivity contribution in [3.8, 4) is 11.4 Å². The van der Waals surface area contributed by atoms with Crippen LogP contribution >= 0.6 is 0 Å². The third-order valence-electron chi connectivity index (χ3n) is 2.93. The van der Waals surface area contributed by atoms with Gasteiger partial charge in [0.25, 0.3) is 0 Å². The molecule has 1 aromatic carbocycles. The molecular weight excluding hydrogens is 277 g/mol. The number of halogens is 1. The molecule has 7 heteroatoms. The van der Waals surface area contributed by atoms with Gasteiger partial charge in [0.2, 0.25) is 0 Å². The van der Waals surface area contributed by atoms with Gasteiger partial charge in [-0.2, -0.15) is 5.10 Å². The molecular formula is C14H16FN3O3. The lowest BCUT2D eigenvalue weighted by Gasteiger charge is -2.11. The van der Waals surface area contributed by atoms with Crippen molar-refractivity contribution in [2.45, 2.75) is 13.5 Å². The van der Waals surface area contributed by atoms with Gasteiger partial charge in [0.15, 0.2) is 17.3 Å². The van der Waals surface area contributed by atoms with Crippen molar-refractivity contribution in [1.29, 1.82) is 0 Å². The molecule has 6 nitrogen and oxygen atoms in total. The van der Waals surface area contributed by atoms with Crippen LogP contribution in [0.4, 0.5) is 4.39 Å². The molecule has 0 radical (unpaired) electrons. The van der Waals surface area contributed by atoms with E-state index in [0.717, 1.165) is 0 Å². The molecule has 0 aliphatic heterocycles. The number of ether oxygens (including phenoxy) is 2. The van der Waals surface area contributed by atoms with Gasteiger partial charge in [-0.3, -0.25) is 0 Å². The summed E-state index contributed by atoms with van der Waals surface area (Å²) in [5.41, 5.74) is 6.46. The molecule has 0 saturated heterocycles. The summed E-state index contributed by atoms with van der Waals surface area (Å²) < 4.78 is 25.3. The van der Waals surface area contributed by atoms with E-state index in [-0.39, 0.29) is 30.2 Å². The van der Waals surface area contributed by atoms with Gasteiger partial charge in [-0.15, -0.1) is 0 Å². The zero-order valence-electron chi connectivity index (χ0n) is 11.8. The van der Waals surface area contributed by atoms with E-state index >= 15 is 0 Å². The van der Waals surface area contributed by atoms with E-state index in [0.29, 0.717) is 5.69 Å². The Morgan fingerprint density at radius 1 is 1.43 bits per heavy atom. The molecule has 0 atom stereocenters. The number of hydrogen-bond donors (Lipinski definition) is 1. The molecule has 0 spiro atoms. The maximum atomic E-state index is 14.2. The van der Waals surface area contributed by atoms with Gasteiger partial charge >= 0.3 is 5.97 Å². The fourth-order valence-electron chi connectivity index (χ4n) is 1.93. The summed E-state index contributed by atoms with van der Waals surface area (Å²) in [6, 6.07) is 4.61. The second kappa shape index (κ2) is 6.36. The summed E-state index contributed by atoms with van der Waals surface area (Å²) >= 11 is 0. The van der Waals surface area contributed by atoms with Crippen LogP contribution in [0.2, 0.25) is 0 Å². The minimum Gasteiger partial charge on any atom is -0.494 e. The molecule has 0 saturated carbocycles. The summed E-state index contributed by atoms with van der Waals surface area (Å²) in [7, 11) is 1.38. The highest BCUT2D eigenvalue weighted by molar-refractivity contribution is 5.87. The highest BCUT2D eigenvalue weighted by Crippen LogP contribution is 2.25. The molecule has 0 aliphatic carbocycles. The van der Waals surface area contributed by atoms with Crippen LogP contribution in [-0.2, 0) is 11.3 Å².